The summed E-state index contributed by atoms with van der Waals surface area (Å²) in [5, 5.41) is 29.2. The number of hydrogen-bond donors (Lipinski definition) is 4. The Hall–Kier alpha value is -5.83. The fourth-order valence-electron chi connectivity index (χ4n) is 7.59. The van der Waals surface area contributed by atoms with E-state index in [1.54, 1.807) is 19.4 Å². The van der Waals surface area contributed by atoms with Crippen molar-refractivity contribution in [3.05, 3.63) is 84.0 Å². The minimum absolute atomic E-state index is 0.0626. The SMILES string of the molecule is COc1ccc(-c2nn([C@H]3C[C@H]4C(=O)N[C@@]5(C(=O)O)C[C@@H]5/C=C\CCCCC[C@@H](NC(=O)c5cc6ccccc6[nH]5)C(=O)N4C3)nc2-c2nccs2)cc1. The van der Waals surface area contributed by atoms with Gasteiger partial charge in [0.05, 0.1) is 13.2 Å². The fourth-order valence-corrected chi connectivity index (χ4v) is 8.21. The van der Waals surface area contributed by atoms with E-state index in [9.17, 15) is 24.3 Å². The standard InChI is InChI=1S/C39H40N8O6S/c1-53-27-15-13-23(14-16-27)32-33(36-40-17-18-54-36)45-47(44-32)26-20-31-35(49)43-39(38(51)52)21-25(39)10-5-3-2-4-6-12-29(37(50)46(31)22-26)42-34(48)30-19-24-9-7-8-11-28(24)41-30/h5,7-11,13-19,25-26,29,31,41H,2-4,6,12,20-22H2,1H3,(H,42,48)(H,43,49)(H,51,52)/b10-5-/t25-,26-,29+,31-,39-/m0/s1. The van der Waals surface area contributed by atoms with E-state index in [1.807, 2.05) is 66.1 Å². The molecular weight excluding hydrogens is 709 g/mol. The number of aliphatic carboxylic acids is 1. The van der Waals surface area contributed by atoms with Crippen molar-refractivity contribution in [2.45, 2.75) is 68.6 Å². The molecule has 3 aliphatic rings. The number of nitrogens with one attached hydrogen (secondary N) is 3. The molecule has 2 aliphatic heterocycles. The van der Waals surface area contributed by atoms with Crippen molar-refractivity contribution in [3.63, 3.8) is 0 Å². The summed E-state index contributed by atoms with van der Waals surface area (Å²) in [4.78, 5) is 65.8. The number of thiazole rings is 1. The van der Waals surface area contributed by atoms with Crippen LogP contribution < -0.4 is 15.4 Å². The Kier molecular flexibility index (Phi) is 9.48. The van der Waals surface area contributed by atoms with Gasteiger partial charge in [0.25, 0.3) is 5.91 Å². The van der Waals surface area contributed by atoms with Gasteiger partial charge in [0, 0.05) is 46.9 Å². The van der Waals surface area contributed by atoms with Gasteiger partial charge >= 0.3 is 5.97 Å². The van der Waals surface area contributed by atoms with Gasteiger partial charge in [0.1, 0.15) is 45.5 Å². The van der Waals surface area contributed by atoms with E-state index in [2.05, 4.69) is 20.6 Å². The number of carbonyl (C=O) groups excluding carboxylic acids is 3. The first-order chi connectivity index (χ1) is 26.2. The number of carbonyl (C=O) groups is 4. The molecule has 8 rings (SSSR count). The molecule has 5 aromatic rings. The zero-order valence-electron chi connectivity index (χ0n) is 29.6. The minimum Gasteiger partial charge on any atom is -0.497 e. The Morgan fingerprint density at radius 2 is 1.87 bits per heavy atom. The number of allylic oxidation sites excluding steroid dienone is 1. The number of ether oxygens (including phenoxy) is 1. The Balaban J connectivity index is 1.14. The number of carboxylic acid groups (broad SMARTS) is 1. The minimum atomic E-state index is -1.45. The largest absolute Gasteiger partial charge is 0.497 e. The second-order valence-corrected chi connectivity index (χ2v) is 15.0. The van der Waals surface area contributed by atoms with Gasteiger partial charge in [-0.2, -0.15) is 9.90 Å². The highest BCUT2D eigenvalue weighted by Crippen LogP contribution is 2.46. The number of benzene rings is 2. The van der Waals surface area contributed by atoms with E-state index in [0.717, 1.165) is 35.7 Å². The van der Waals surface area contributed by atoms with Crippen molar-refractivity contribution < 1.29 is 29.0 Å². The van der Waals surface area contributed by atoms with Crippen LogP contribution in [0.1, 0.15) is 61.5 Å². The van der Waals surface area contributed by atoms with Gasteiger partial charge < -0.3 is 30.4 Å². The maximum Gasteiger partial charge on any atom is 0.330 e. The van der Waals surface area contributed by atoms with Gasteiger partial charge in [-0.3, -0.25) is 14.4 Å². The molecule has 2 aromatic carbocycles. The molecule has 1 aliphatic carbocycles. The van der Waals surface area contributed by atoms with E-state index in [1.165, 1.54) is 21.0 Å². The summed E-state index contributed by atoms with van der Waals surface area (Å²) in [5.41, 5.74) is 1.58. The van der Waals surface area contributed by atoms with Gasteiger partial charge in [0.2, 0.25) is 11.8 Å². The van der Waals surface area contributed by atoms with Crippen molar-refractivity contribution in [1.82, 2.24) is 40.5 Å². The summed E-state index contributed by atoms with van der Waals surface area (Å²) >= 11 is 1.42. The summed E-state index contributed by atoms with van der Waals surface area (Å²) in [6.07, 6.45) is 9.35. The van der Waals surface area contributed by atoms with Gasteiger partial charge in [0.15, 0.2) is 0 Å². The van der Waals surface area contributed by atoms with Crippen LogP contribution in [0.4, 0.5) is 0 Å². The lowest BCUT2D eigenvalue weighted by Crippen LogP contribution is -2.56. The molecule has 5 heterocycles. The molecule has 14 nitrogen and oxygen atoms in total. The highest BCUT2D eigenvalue weighted by Gasteiger charge is 2.61. The van der Waals surface area contributed by atoms with E-state index < -0.39 is 47.4 Å². The monoisotopic (exact) mass is 748 g/mol. The zero-order valence-corrected chi connectivity index (χ0v) is 30.4. The molecule has 4 N–H and O–H groups in total. The third kappa shape index (κ3) is 6.75. The average Bonchev–Trinajstić information content (AvgIpc) is 3.79. The smallest absolute Gasteiger partial charge is 0.330 e. The first kappa shape index (κ1) is 35.2. The number of carboxylic acids is 1. The van der Waals surface area contributed by atoms with Crippen molar-refractivity contribution >= 4 is 45.9 Å². The summed E-state index contributed by atoms with van der Waals surface area (Å²) in [6.45, 7) is 0.0626. The van der Waals surface area contributed by atoms with Gasteiger partial charge in [-0.05, 0) is 62.1 Å². The number of aromatic nitrogens is 5. The summed E-state index contributed by atoms with van der Waals surface area (Å²) < 4.78 is 5.35. The molecule has 3 aromatic heterocycles. The molecule has 278 valence electrons. The Labute approximate surface area is 314 Å². The van der Waals surface area contributed by atoms with Crippen molar-refractivity contribution in [2.24, 2.45) is 5.92 Å². The van der Waals surface area contributed by atoms with Crippen LogP contribution in [0, 0.1) is 5.92 Å². The lowest BCUT2D eigenvalue weighted by Gasteiger charge is -2.29. The summed E-state index contributed by atoms with van der Waals surface area (Å²) in [7, 11) is 1.59. The normalized spacial score (nSPS) is 25.2. The second kappa shape index (κ2) is 14.5. The number of nitrogens with zero attached hydrogens (tertiary/aromatic N) is 5. The topological polar surface area (TPSA) is 184 Å². The molecule has 0 unspecified atom stereocenters. The van der Waals surface area contributed by atoms with Gasteiger partial charge in [-0.1, -0.05) is 43.2 Å². The maximum absolute atomic E-state index is 14.7. The van der Waals surface area contributed by atoms with Crippen LogP contribution in [-0.4, -0.2) is 89.9 Å². The second-order valence-electron chi connectivity index (χ2n) is 14.1. The molecule has 54 heavy (non-hydrogen) atoms. The number of para-hydroxylation sites is 1. The molecule has 0 bridgehead atoms. The number of amides is 3. The number of H-pyrrole nitrogens is 1. The molecule has 0 spiro atoms. The van der Waals surface area contributed by atoms with Crippen LogP contribution in [0.3, 0.4) is 0 Å². The Morgan fingerprint density at radius 1 is 1.06 bits per heavy atom. The Morgan fingerprint density at radius 3 is 2.63 bits per heavy atom. The highest BCUT2D eigenvalue weighted by atomic mass is 32.1. The molecule has 15 heteroatoms. The fraction of sp³-hybridized carbons (Fsp3) is 0.359. The number of fused-ring (bicyclic) bond motifs is 3. The molecule has 0 radical (unpaired) electrons. The molecular formula is C39H40N8O6S. The number of hydrogen-bond acceptors (Lipinski definition) is 9. The summed E-state index contributed by atoms with van der Waals surface area (Å²) in [6, 6.07) is 14.2. The first-order valence-corrected chi connectivity index (χ1v) is 19.0. The van der Waals surface area contributed by atoms with Crippen molar-refractivity contribution in [1.29, 1.82) is 0 Å². The lowest BCUT2D eigenvalue weighted by atomic mass is 10.0. The van der Waals surface area contributed by atoms with Crippen LogP contribution in [-0.2, 0) is 14.4 Å². The maximum atomic E-state index is 14.7. The predicted molar refractivity (Wildman–Crippen MR) is 201 cm³/mol. The average molecular weight is 749 g/mol. The zero-order chi connectivity index (χ0) is 37.4. The third-order valence-corrected chi connectivity index (χ3v) is 11.5. The Bertz CT molecular complexity index is 2200. The van der Waals surface area contributed by atoms with Crippen LogP contribution in [0.2, 0.25) is 0 Å². The van der Waals surface area contributed by atoms with Gasteiger partial charge in [-0.25, -0.2) is 9.78 Å². The van der Waals surface area contributed by atoms with E-state index in [4.69, 9.17) is 14.9 Å². The quantitative estimate of drug-likeness (QED) is 0.167. The van der Waals surface area contributed by atoms with Crippen LogP contribution in [0.15, 0.2) is 78.3 Å². The number of methoxy groups -OCH3 is 1. The predicted octanol–water partition coefficient (Wildman–Crippen LogP) is 4.98. The van der Waals surface area contributed by atoms with E-state index in [-0.39, 0.29) is 25.3 Å². The van der Waals surface area contributed by atoms with Crippen molar-refractivity contribution in [3.8, 4) is 27.7 Å². The van der Waals surface area contributed by atoms with Crippen LogP contribution >= 0.6 is 11.3 Å². The van der Waals surface area contributed by atoms with Crippen LogP contribution in [0.25, 0.3) is 32.9 Å². The third-order valence-electron chi connectivity index (χ3n) is 10.7. The van der Waals surface area contributed by atoms with Crippen molar-refractivity contribution in [2.75, 3.05) is 13.7 Å². The number of rotatable bonds is 7. The van der Waals surface area contributed by atoms with E-state index in [0.29, 0.717) is 40.7 Å². The van der Waals surface area contributed by atoms with Gasteiger partial charge in [-0.15, -0.1) is 16.4 Å². The van der Waals surface area contributed by atoms with Crippen LogP contribution in [0.5, 0.6) is 5.75 Å². The molecule has 2 fully saturated rings. The number of aromatic amines is 1. The first-order valence-electron chi connectivity index (χ1n) is 18.2. The van der Waals surface area contributed by atoms with E-state index >= 15 is 0 Å². The molecule has 1 saturated carbocycles. The lowest BCUT2D eigenvalue weighted by molar-refractivity contribution is -0.145. The molecule has 5 atom stereocenters. The highest BCUT2D eigenvalue weighted by molar-refractivity contribution is 7.13. The molecule has 3 amide bonds. The summed E-state index contributed by atoms with van der Waals surface area (Å²) in [5.74, 6) is -2.20. The molecule has 1 saturated heterocycles.